The van der Waals surface area contributed by atoms with Crippen molar-refractivity contribution >= 4 is 10.8 Å². The number of rotatable bonds is 8. The number of halogens is 1. The molecule has 1 N–H and O–H groups in total. The second-order valence-electron chi connectivity index (χ2n) is 4.38. The first-order valence-electron chi connectivity index (χ1n) is 6.55. The summed E-state index contributed by atoms with van der Waals surface area (Å²) >= 11 is 0. The van der Waals surface area contributed by atoms with E-state index in [1.165, 1.54) is 6.07 Å². The summed E-state index contributed by atoms with van der Waals surface area (Å²) in [4.78, 5) is 0.317. The second-order valence-corrected chi connectivity index (χ2v) is 5.85. The van der Waals surface area contributed by atoms with Crippen molar-refractivity contribution in [1.29, 1.82) is 0 Å². The monoisotopic (exact) mass is 271 g/mol. The number of hydrogen-bond acceptors (Lipinski definition) is 2. The van der Waals surface area contributed by atoms with E-state index in [2.05, 4.69) is 19.2 Å². The summed E-state index contributed by atoms with van der Waals surface area (Å²) in [5.41, 5.74) is 0. The second kappa shape index (κ2) is 8.38. The molecule has 18 heavy (non-hydrogen) atoms. The maximum Gasteiger partial charge on any atom is 0.139 e. The molecule has 0 aromatic heterocycles. The van der Waals surface area contributed by atoms with Crippen LogP contribution in [0, 0.1) is 5.82 Å². The van der Waals surface area contributed by atoms with Crippen LogP contribution in [0.2, 0.25) is 0 Å². The van der Waals surface area contributed by atoms with Crippen molar-refractivity contribution in [1.82, 2.24) is 5.32 Å². The van der Waals surface area contributed by atoms with E-state index in [9.17, 15) is 8.60 Å². The van der Waals surface area contributed by atoms with Crippen LogP contribution in [-0.4, -0.2) is 22.5 Å². The molecule has 0 aliphatic heterocycles. The molecule has 0 fully saturated rings. The van der Waals surface area contributed by atoms with Crippen molar-refractivity contribution in [2.75, 3.05) is 12.3 Å². The molecule has 1 rings (SSSR count). The highest BCUT2D eigenvalue weighted by atomic mass is 32.2. The lowest BCUT2D eigenvalue weighted by Gasteiger charge is -2.17. The molecule has 0 saturated carbocycles. The SMILES string of the molecule is CCCNC(CCC)CS(=O)c1ccccc1F. The lowest BCUT2D eigenvalue weighted by Crippen LogP contribution is -2.34. The molecule has 0 amide bonds. The molecule has 0 heterocycles. The van der Waals surface area contributed by atoms with E-state index in [0.717, 1.165) is 25.8 Å². The largest absolute Gasteiger partial charge is 0.313 e. The zero-order valence-electron chi connectivity index (χ0n) is 11.1. The zero-order valence-corrected chi connectivity index (χ0v) is 11.9. The Morgan fingerprint density at radius 2 is 2.00 bits per heavy atom. The summed E-state index contributed by atoms with van der Waals surface area (Å²) < 4.78 is 25.7. The van der Waals surface area contributed by atoms with Gasteiger partial charge in [-0.05, 0) is 31.5 Å². The molecule has 2 atom stereocenters. The fourth-order valence-electron chi connectivity index (χ4n) is 1.84. The van der Waals surface area contributed by atoms with Crippen LogP contribution in [0.1, 0.15) is 33.1 Å². The van der Waals surface area contributed by atoms with Gasteiger partial charge in [-0.15, -0.1) is 0 Å². The Kier molecular flexibility index (Phi) is 7.13. The minimum atomic E-state index is -1.27. The Labute approximate surface area is 111 Å². The molecular formula is C14H22FNOS. The van der Waals surface area contributed by atoms with Crippen LogP contribution >= 0.6 is 0 Å². The van der Waals surface area contributed by atoms with E-state index in [1.54, 1.807) is 18.2 Å². The minimum absolute atomic E-state index is 0.204. The van der Waals surface area contributed by atoms with Crippen LogP contribution in [0.15, 0.2) is 29.2 Å². The van der Waals surface area contributed by atoms with Gasteiger partial charge in [0.05, 0.1) is 15.7 Å². The van der Waals surface area contributed by atoms with Crippen molar-refractivity contribution in [3.05, 3.63) is 30.1 Å². The van der Waals surface area contributed by atoms with Gasteiger partial charge in [0.2, 0.25) is 0 Å². The number of hydrogen-bond donors (Lipinski definition) is 1. The van der Waals surface area contributed by atoms with Gasteiger partial charge in [-0.2, -0.15) is 0 Å². The van der Waals surface area contributed by atoms with Gasteiger partial charge < -0.3 is 5.32 Å². The molecule has 2 nitrogen and oxygen atoms in total. The smallest absolute Gasteiger partial charge is 0.139 e. The van der Waals surface area contributed by atoms with E-state index >= 15 is 0 Å². The minimum Gasteiger partial charge on any atom is -0.313 e. The van der Waals surface area contributed by atoms with Gasteiger partial charge in [0.25, 0.3) is 0 Å². The van der Waals surface area contributed by atoms with E-state index < -0.39 is 10.8 Å². The highest BCUT2D eigenvalue weighted by Crippen LogP contribution is 2.13. The van der Waals surface area contributed by atoms with Gasteiger partial charge in [-0.3, -0.25) is 4.21 Å². The third kappa shape index (κ3) is 4.86. The molecule has 1 aromatic rings. The predicted molar refractivity (Wildman–Crippen MR) is 74.7 cm³/mol. The average Bonchev–Trinajstić information content (AvgIpc) is 2.36. The highest BCUT2D eigenvalue weighted by Gasteiger charge is 2.15. The Morgan fingerprint density at radius 1 is 1.28 bits per heavy atom. The van der Waals surface area contributed by atoms with Gasteiger partial charge in [-0.1, -0.05) is 32.4 Å². The maximum atomic E-state index is 13.5. The highest BCUT2D eigenvalue weighted by molar-refractivity contribution is 7.85. The molecule has 0 saturated heterocycles. The van der Waals surface area contributed by atoms with Crippen molar-refractivity contribution in [3.63, 3.8) is 0 Å². The van der Waals surface area contributed by atoms with E-state index in [1.807, 2.05) is 0 Å². The van der Waals surface area contributed by atoms with Crippen molar-refractivity contribution < 1.29 is 8.60 Å². The van der Waals surface area contributed by atoms with Crippen LogP contribution in [0.4, 0.5) is 4.39 Å². The standard InChI is InChI=1S/C14H22FNOS/c1-3-7-12(16-10-4-2)11-18(17)14-9-6-5-8-13(14)15/h5-6,8-9,12,16H,3-4,7,10-11H2,1-2H3. The average molecular weight is 271 g/mol. The molecule has 102 valence electrons. The fraction of sp³-hybridized carbons (Fsp3) is 0.571. The van der Waals surface area contributed by atoms with Crippen LogP contribution in [0.25, 0.3) is 0 Å². The van der Waals surface area contributed by atoms with Gasteiger partial charge in [0.15, 0.2) is 0 Å². The quantitative estimate of drug-likeness (QED) is 0.787. The first-order valence-corrected chi connectivity index (χ1v) is 7.87. The Morgan fingerprint density at radius 3 is 2.61 bits per heavy atom. The van der Waals surface area contributed by atoms with Crippen LogP contribution in [-0.2, 0) is 10.8 Å². The maximum absolute atomic E-state index is 13.5. The fourth-order valence-corrected chi connectivity index (χ4v) is 3.19. The van der Waals surface area contributed by atoms with Crippen LogP contribution in [0.3, 0.4) is 0 Å². The van der Waals surface area contributed by atoms with E-state index in [-0.39, 0.29) is 11.9 Å². The Hall–Kier alpha value is -0.740. The summed E-state index contributed by atoms with van der Waals surface area (Å²) in [5.74, 6) is 0.107. The summed E-state index contributed by atoms with van der Waals surface area (Å²) in [6.07, 6.45) is 3.06. The number of nitrogens with one attached hydrogen (secondary N) is 1. The molecule has 0 aliphatic carbocycles. The third-order valence-electron chi connectivity index (χ3n) is 2.75. The lowest BCUT2D eigenvalue weighted by atomic mass is 10.2. The summed E-state index contributed by atoms with van der Waals surface area (Å²) in [6, 6.07) is 6.52. The van der Waals surface area contributed by atoms with Gasteiger partial charge in [0.1, 0.15) is 5.82 Å². The molecule has 0 aliphatic rings. The van der Waals surface area contributed by atoms with E-state index in [4.69, 9.17) is 0 Å². The lowest BCUT2D eigenvalue weighted by molar-refractivity contribution is 0.509. The molecule has 0 spiro atoms. The summed E-state index contributed by atoms with van der Waals surface area (Å²) in [7, 11) is -1.27. The molecule has 0 radical (unpaired) electrons. The van der Waals surface area contributed by atoms with Crippen LogP contribution < -0.4 is 5.32 Å². The molecule has 0 bridgehead atoms. The van der Waals surface area contributed by atoms with Gasteiger partial charge >= 0.3 is 0 Å². The molecule has 2 unspecified atom stereocenters. The normalized spacial score (nSPS) is 14.4. The molecule has 1 aromatic carbocycles. The topological polar surface area (TPSA) is 29.1 Å². The van der Waals surface area contributed by atoms with Crippen molar-refractivity contribution in [3.8, 4) is 0 Å². The van der Waals surface area contributed by atoms with Crippen molar-refractivity contribution in [2.24, 2.45) is 0 Å². The number of benzene rings is 1. The third-order valence-corrected chi connectivity index (χ3v) is 4.28. The van der Waals surface area contributed by atoms with E-state index in [0.29, 0.717) is 10.6 Å². The van der Waals surface area contributed by atoms with Gasteiger partial charge in [-0.25, -0.2) is 4.39 Å². The first-order chi connectivity index (χ1) is 8.69. The Bertz CT molecular complexity index is 384. The first kappa shape index (κ1) is 15.3. The van der Waals surface area contributed by atoms with Crippen LogP contribution in [0.5, 0.6) is 0 Å². The van der Waals surface area contributed by atoms with Crippen molar-refractivity contribution in [2.45, 2.75) is 44.0 Å². The predicted octanol–water partition coefficient (Wildman–Crippen LogP) is 3.10. The Balaban J connectivity index is 2.63. The summed E-state index contributed by atoms with van der Waals surface area (Å²) in [6.45, 7) is 5.12. The van der Waals surface area contributed by atoms with Gasteiger partial charge in [0, 0.05) is 11.8 Å². The molecule has 4 heteroatoms. The summed E-state index contributed by atoms with van der Waals surface area (Å²) in [5, 5.41) is 3.37. The zero-order chi connectivity index (χ0) is 13.4. The molecular weight excluding hydrogens is 249 g/mol.